The van der Waals surface area contributed by atoms with E-state index in [1.807, 2.05) is 0 Å². The first-order valence-electron chi connectivity index (χ1n) is 10.0. The lowest BCUT2D eigenvalue weighted by Crippen LogP contribution is -2.31. The van der Waals surface area contributed by atoms with E-state index in [2.05, 4.69) is 6.92 Å². The van der Waals surface area contributed by atoms with Gasteiger partial charge in [-0.3, -0.25) is 0 Å². The van der Waals surface area contributed by atoms with E-state index in [1.54, 1.807) is 0 Å². The number of aliphatic hydroxyl groups is 1. The number of hydrogen-bond donors (Lipinski definition) is 1. The van der Waals surface area contributed by atoms with Crippen LogP contribution in [0.5, 0.6) is 0 Å². The Morgan fingerprint density at radius 1 is 0.727 bits per heavy atom. The second kappa shape index (κ2) is 8.15. The highest BCUT2D eigenvalue weighted by atomic mass is 16.5. The molecule has 0 aromatic rings. The molecule has 0 radical (unpaired) electrons. The van der Waals surface area contributed by atoms with Crippen molar-refractivity contribution in [2.24, 2.45) is 23.7 Å². The summed E-state index contributed by atoms with van der Waals surface area (Å²) in [4.78, 5) is 0. The molecule has 22 heavy (non-hydrogen) atoms. The van der Waals surface area contributed by atoms with E-state index < -0.39 is 0 Å². The lowest BCUT2D eigenvalue weighted by molar-refractivity contribution is -0.0299. The van der Waals surface area contributed by atoms with Crippen LogP contribution in [-0.4, -0.2) is 23.9 Å². The van der Waals surface area contributed by atoms with Gasteiger partial charge in [0.1, 0.15) is 0 Å². The van der Waals surface area contributed by atoms with Crippen molar-refractivity contribution >= 4 is 0 Å². The molecule has 1 aliphatic heterocycles. The fourth-order valence-electron chi connectivity index (χ4n) is 5.13. The molecule has 0 aromatic heterocycles. The molecule has 2 saturated carbocycles. The molecule has 1 heterocycles. The SMILES string of the molecule is CC1CCC(C2CCC(CCC3CCC(O)CC3)CC2)CO1. The summed E-state index contributed by atoms with van der Waals surface area (Å²) in [5.41, 5.74) is 0. The van der Waals surface area contributed by atoms with Crippen molar-refractivity contribution in [2.75, 3.05) is 6.61 Å². The third kappa shape index (κ3) is 4.71. The van der Waals surface area contributed by atoms with Crippen molar-refractivity contribution in [1.82, 2.24) is 0 Å². The van der Waals surface area contributed by atoms with Crippen LogP contribution in [0.15, 0.2) is 0 Å². The van der Waals surface area contributed by atoms with Gasteiger partial charge in [-0.1, -0.05) is 25.7 Å². The summed E-state index contributed by atoms with van der Waals surface area (Å²) in [5, 5.41) is 9.60. The predicted octanol–water partition coefficient (Wildman–Crippen LogP) is 4.94. The van der Waals surface area contributed by atoms with E-state index >= 15 is 0 Å². The molecule has 1 N–H and O–H groups in total. The first-order valence-corrected chi connectivity index (χ1v) is 10.0. The average molecular weight is 309 g/mol. The number of aliphatic hydroxyl groups excluding tert-OH is 1. The van der Waals surface area contributed by atoms with Gasteiger partial charge in [-0.2, -0.15) is 0 Å². The molecule has 1 saturated heterocycles. The minimum Gasteiger partial charge on any atom is -0.393 e. The predicted molar refractivity (Wildman–Crippen MR) is 90.8 cm³/mol. The third-order valence-corrected chi connectivity index (χ3v) is 6.90. The van der Waals surface area contributed by atoms with Crippen LogP contribution in [0, 0.1) is 23.7 Å². The zero-order valence-electron chi connectivity index (χ0n) is 14.5. The maximum Gasteiger partial charge on any atom is 0.0547 e. The van der Waals surface area contributed by atoms with E-state index in [0.717, 1.165) is 43.1 Å². The van der Waals surface area contributed by atoms with Gasteiger partial charge in [0, 0.05) is 0 Å². The van der Waals surface area contributed by atoms with Crippen LogP contribution in [0.2, 0.25) is 0 Å². The Hall–Kier alpha value is -0.0800. The van der Waals surface area contributed by atoms with E-state index in [1.165, 1.54) is 64.2 Å². The highest BCUT2D eigenvalue weighted by Crippen LogP contribution is 2.40. The Kier molecular flexibility index (Phi) is 6.21. The van der Waals surface area contributed by atoms with Crippen molar-refractivity contribution in [2.45, 2.75) is 96.2 Å². The summed E-state index contributed by atoms with van der Waals surface area (Å²) >= 11 is 0. The summed E-state index contributed by atoms with van der Waals surface area (Å²) in [5.74, 6) is 3.71. The first-order chi connectivity index (χ1) is 10.7. The van der Waals surface area contributed by atoms with E-state index in [-0.39, 0.29) is 6.10 Å². The van der Waals surface area contributed by atoms with Crippen molar-refractivity contribution < 1.29 is 9.84 Å². The molecule has 0 amide bonds. The summed E-state index contributed by atoms with van der Waals surface area (Å²) in [6.45, 7) is 3.25. The van der Waals surface area contributed by atoms with Gasteiger partial charge < -0.3 is 9.84 Å². The summed E-state index contributed by atoms with van der Waals surface area (Å²) in [6, 6.07) is 0. The molecule has 0 bridgehead atoms. The first kappa shape index (κ1) is 16.8. The molecule has 2 nitrogen and oxygen atoms in total. The third-order valence-electron chi connectivity index (χ3n) is 6.90. The summed E-state index contributed by atoms with van der Waals surface area (Å²) < 4.78 is 5.89. The van der Waals surface area contributed by atoms with Gasteiger partial charge in [0.2, 0.25) is 0 Å². The molecule has 3 aliphatic rings. The molecule has 3 rings (SSSR count). The van der Waals surface area contributed by atoms with Gasteiger partial charge >= 0.3 is 0 Å². The largest absolute Gasteiger partial charge is 0.393 e. The minimum atomic E-state index is 0.00659. The molecule has 2 unspecified atom stereocenters. The number of ether oxygens (including phenoxy) is 1. The topological polar surface area (TPSA) is 29.5 Å². The van der Waals surface area contributed by atoms with Gasteiger partial charge in [0.15, 0.2) is 0 Å². The molecule has 2 atom stereocenters. The molecule has 0 spiro atoms. The maximum absolute atomic E-state index is 9.60. The fraction of sp³-hybridized carbons (Fsp3) is 1.00. The normalized spacial score (nSPS) is 43.9. The molecule has 128 valence electrons. The van der Waals surface area contributed by atoms with Crippen LogP contribution < -0.4 is 0 Å². The Morgan fingerprint density at radius 3 is 1.82 bits per heavy atom. The van der Waals surface area contributed by atoms with Crippen molar-refractivity contribution in [1.29, 1.82) is 0 Å². The van der Waals surface area contributed by atoms with Crippen molar-refractivity contribution in [3.05, 3.63) is 0 Å². The Labute approximate surface area is 137 Å². The number of hydrogen-bond acceptors (Lipinski definition) is 2. The monoisotopic (exact) mass is 308 g/mol. The molecular formula is C20H36O2. The molecular weight excluding hydrogens is 272 g/mol. The summed E-state index contributed by atoms with van der Waals surface area (Å²) in [7, 11) is 0. The van der Waals surface area contributed by atoms with Crippen LogP contribution in [0.1, 0.15) is 84.0 Å². The van der Waals surface area contributed by atoms with E-state index in [0.29, 0.717) is 6.10 Å². The maximum atomic E-state index is 9.60. The van der Waals surface area contributed by atoms with Crippen molar-refractivity contribution in [3.63, 3.8) is 0 Å². The zero-order chi connectivity index (χ0) is 15.4. The highest BCUT2D eigenvalue weighted by molar-refractivity contribution is 4.81. The molecule has 0 aromatic carbocycles. The lowest BCUT2D eigenvalue weighted by Gasteiger charge is -2.37. The van der Waals surface area contributed by atoms with Gasteiger partial charge in [-0.15, -0.1) is 0 Å². The van der Waals surface area contributed by atoms with Gasteiger partial charge in [0.25, 0.3) is 0 Å². The second-order valence-corrected chi connectivity index (χ2v) is 8.51. The molecule has 2 aliphatic carbocycles. The van der Waals surface area contributed by atoms with E-state index in [4.69, 9.17) is 4.74 Å². The van der Waals surface area contributed by atoms with Crippen LogP contribution in [-0.2, 0) is 4.74 Å². The Balaban J connectivity index is 1.32. The van der Waals surface area contributed by atoms with Crippen molar-refractivity contribution in [3.8, 4) is 0 Å². The highest BCUT2D eigenvalue weighted by Gasteiger charge is 2.30. The van der Waals surface area contributed by atoms with Gasteiger partial charge in [0.05, 0.1) is 18.8 Å². The minimum absolute atomic E-state index is 0.00659. The van der Waals surface area contributed by atoms with E-state index in [9.17, 15) is 5.11 Å². The molecule has 3 fully saturated rings. The average Bonchev–Trinajstić information content (AvgIpc) is 2.56. The van der Waals surface area contributed by atoms with Gasteiger partial charge in [-0.25, -0.2) is 0 Å². The standard InChI is InChI=1S/C20H36O2/c1-15-2-9-19(14-22-15)18-10-5-16(6-11-18)3-4-17-7-12-20(21)13-8-17/h15-21H,2-14H2,1H3. The Morgan fingerprint density at radius 2 is 1.27 bits per heavy atom. The number of rotatable bonds is 4. The van der Waals surface area contributed by atoms with Crippen LogP contribution in [0.4, 0.5) is 0 Å². The van der Waals surface area contributed by atoms with Crippen LogP contribution in [0.25, 0.3) is 0 Å². The quantitative estimate of drug-likeness (QED) is 0.797. The smallest absolute Gasteiger partial charge is 0.0547 e. The zero-order valence-corrected chi connectivity index (χ0v) is 14.5. The summed E-state index contributed by atoms with van der Waals surface area (Å²) in [6.07, 6.45) is 16.5. The Bertz CT molecular complexity index is 306. The van der Waals surface area contributed by atoms with Crippen LogP contribution in [0.3, 0.4) is 0 Å². The van der Waals surface area contributed by atoms with Crippen LogP contribution >= 0.6 is 0 Å². The fourth-order valence-corrected chi connectivity index (χ4v) is 5.13. The molecule has 2 heteroatoms. The van der Waals surface area contributed by atoms with Gasteiger partial charge in [-0.05, 0) is 82.0 Å². The lowest BCUT2D eigenvalue weighted by atomic mass is 9.72. The second-order valence-electron chi connectivity index (χ2n) is 8.51.